The molecule has 1 aliphatic heterocycles. The third-order valence-electron chi connectivity index (χ3n) is 3.06. The number of benzene rings is 1. The Morgan fingerprint density at radius 3 is 2.33 bits per heavy atom. The van der Waals surface area contributed by atoms with Crippen molar-refractivity contribution in [2.24, 2.45) is 11.0 Å². The Kier molecular flexibility index (Phi) is 2.39. The molecule has 2 aliphatic rings. The molecule has 0 atom stereocenters. The van der Waals surface area contributed by atoms with Gasteiger partial charge in [0.2, 0.25) is 0 Å². The Morgan fingerprint density at radius 1 is 1.17 bits per heavy atom. The lowest BCUT2D eigenvalue weighted by atomic mass is 10.2. The van der Waals surface area contributed by atoms with E-state index in [4.69, 9.17) is 0 Å². The van der Waals surface area contributed by atoms with Gasteiger partial charge in [-0.25, -0.2) is 18.2 Å². The number of carbonyl (C=O) groups is 1. The number of hydrazone groups is 1. The number of hydrogen-bond acceptors (Lipinski definition) is 2. The second-order valence-corrected chi connectivity index (χ2v) is 4.47. The molecule has 0 saturated heterocycles. The van der Waals surface area contributed by atoms with Crippen LogP contribution in [0.15, 0.2) is 17.2 Å². The highest BCUT2D eigenvalue weighted by molar-refractivity contribution is 6.14. The van der Waals surface area contributed by atoms with E-state index in [1.807, 2.05) is 0 Å². The van der Waals surface area contributed by atoms with Crippen LogP contribution in [0.25, 0.3) is 0 Å². The van der Waals surface area contributed by atoms with Crippen LogP contribution in [0.3, 0.4) is 0 Å². The van der Waals surface area contributed by atoms with Gasteiger partial charge >= 0.3 is 0 Å². The lowest BCUT2D eigenvalue weighted by Crippen LogP contribution is -2.20. The van der Waals surface area contributed by atoms with Crippen molar-refractivity contribution in [3.63, 3.8) is 0 Å². The van der Waals surface area contributed by atoms with E-state index < -0.39 is 17.5 Å². The van der Waals surface area contributed by atoms with Gasteiger partial charge < -0.3 is 0 Å². The van der Waals surface area contributed by atoms with Crippen molar-refractivity contribution in [3.8, 4) is 0 Å². The van der Waals surface area contributed by atoms with Gasteiger partial charge in [-0.2, -0.15) is 5.10 Å². The molecule has 1 aliphatic carbocycles. The number of amides is 1. The fraction of sp³-hybridized carbons (Fsp3) is 0.333. The smallest absolute Gasteiger partial charge is 0.253 e. The van der Waals surface area contributed by atoms with Crippen molar-refractivity contribution in [1.29, 1.82) is 0 Å². The zero-order valence-corrected chi connectivity index (χ0v) is 9.29. The van der Waals surface area contributed by atoms with E-state index >= 15 is 0 Å². The molecular formula is C12H9F3N2O. The molecule has 1 amide bonds. The van der Waals surface area contributed by atoms with Crippen LogP contribution in [0.2, 0.25) is 0 Å². The minimum atomic E-state index is -1.54. The fourth-order valence-electron chi connectivity index (χ4n) is 1.96. The predicted molar refractivity (Wildman–Crippen MR) is 58.6 cm³/mol. The van der Waals surface area contributed by atoms with Crippen LogP contribution >= 0.6 is 0 Å². The molecule has 0 N–H and O–H groups in total. The Hall–Kier alpha value is -1.85. The normalized spacial score (nSPS) is 19.4. The van der Waals surface area contributed by atoms with E-state index in [9.17, 15) is 18.0 Å². The average Bonchev–Trinajstić information content (AvgIpc) is 3.09. The Bertz CT molecular complexity index is 543. The first kappa shape index (κ1) is 11.3. The molecule has 1 heterocycles. The second-order valence-electron chi connectivity index (χ2n) is 4.47. The van der Waals surface area contributed by atoms with Gasteiger partial charge in [0.15, 0.2) is 17.5 Å². The van der Waals surface area contributed by atoms with Crippen LogP contribution in [0, 0.1) is 23.4 Å². The van der Waals surface area contributed by atoms with E-state index in [2.05, 4.69) is 5.10 Å². The van der Waals surface area contributed by atoms with E-state index in [0.29, 0.717) is 5.92 Å². The van der Waals surface area contributed by atoms with E-state index in [-0.39, 0.29) is 18.0 Å². The Labute approximate surface area is 101 Å². The number of hydrogen-bond donors (Lipinski definition) is 0. The van der Waals surface area contributed by atoms with E-state index in [1.54, 1.807) is 0 Å². The molecule has 1 aromatic carbocycles. The second kappa shape index (κ2) is 3.83. The first-order valence-electron chi connectivity index (χ1n) is 5.61. The quantitative estimate of drug-likeness (QED) is 0.747. The van der Waals surface area contributed by atoms with Gasteiger partial charge in [0.25, 0.3) is 5.91 Å². The minimum absolute atomic E-state index is 0.0768. The van der Waals surface area contributed by atoms with Crippen molar-refractivity contribution in [2.45, 2.75) is 19.3 Å². The van der Waals surface area contributed by atoms with Crippen molar-refractivity contribution in [3.05, 3.63) is 29.6 Å². The van der Waals surface area contributed by atoms with Gasteiger partial charge in [-0.1, -0.05) is 0 Å². The van der Waals surface area contributed by atoms with Crippen molar-refractivity contribution < 1.29 is 18.0 Å². The molecule has 0 spiro atoms. The van der Waals surface area contributed by atoms with Crippen LogP contribution in [0.4, 0.5) is 18.9 Å². The molecule has 0 radical (unpaired) electrons. The van der Waals surface area contributed by atoms with Crippen LogP contribution < -0.4 is 5.01 Å². The summed E-state index contributed by atoms with van der Waals surface area (Å²) in [6.07, 6.45) is 2.16. The third-order valence-corrected chi connectivity index (χ3v) is 3.06. The van der Waals surface area contributed by atoms with Crippen molar-refractivity contribution in [1.82, 2.24) is 0 Å². The molecule has 3 rings (SSSR count). The lowest BCUT2D eigenvalue weighted by molar-refractivity contribution is -0.116. The van der Waals surface area contributed by atoms with Crippen molar-refractivity contribution in [2.75, 3.05) is 5.01 Å². The summed E-state index contributed by atoms with van der Waals surface area (Å²) in [5.41, 5.74) is 0.664. The van der Waals surface area contributed by atoms with Gasteiger partial charge in [0.05, 0.1) is 17.8 Å². The highest BCUT2D eigenvalue weighted by Gasteiger charge is 2.35. The summed E-state index contributed by atoms with van der Waals surface area (Å²) in [4.78, 5) is 11.7. The van der Waals surface area contributed by atoms with Gasteiger partial charge in [-0.15, -0.1) is 0 Å². The summed E-state index contributed by atoms with van der Waals surface area (Å²) in [6.45, 7) is 0. The number of halogens is 3. The lowest BCUT2D eigenvalue weighted by Gasteiger charge is -2.12. The summed E-state index contributed by atoms with van der Waals surface area (Å²) >= 11 is 0. The molecule has 1 fully saturated rings. The SMILES string of the molecule is O=C1CC(C2CC2)=NN1c1cc(F)c(F)c(F)c1. The number of anilines is 1. The Morgan fingerprint density at radius 2 is 1.78 bits per heavy atom. The first-order chi connectivity index (χ1) is 8.56. The number of rotatable bonds is 2. The maximum absolute atomic E-state index is 13.1. The molecule has 18 heavy (non-hydrogen) atoms. The maximum atomic E-state index is 13.1. The number of carbonyl (C=O) groups excluding carboxylic acids is 1. The fourth-order valence-corrected chi connectivity index (χ4v) is 1.96. The molecule has 6 heteroatoms. The number of nitrogens with zero attached hydrogens (tertiary/aromatic N) is 2. The summed E-state index contributed by atoms with van der Waals surface area (Å²) in [5.74, 6) is -4.23. The largest absolute Gasteiger partial charge is 0.272 e. The first-order valence-corrected chi connectivity index (χ1v) is 5.61. The highest BCUT2D eigenvalue weighted by Crippen LogP contribution is 2.35. The minimum Gasteiger partial charge on any atom is -0.272 e. The maximum Gasteiger partial charge on any atom is 0.253 e. The summed E-state index contributed by atoms with van der Waals surface area (Å²) in [6, 6.07) is 1.55. The molecule has 3 nitrogen and oxygen atoms in total. The summed E-state index contributed by atoms with van der Waals surface area (Å²) in [7, 11) is 0. The van der Waals surface area contributed by atoms with Crippen LogP contribution in [0.5, 0.6) is 0 Å². The molecule has 94 valence electrons. The average molecular weight is 254 g/mol. The molecule has 1 saturated carbocycles. The zero-order chi connectivity index (χ0) is 12.9. The molecular weight excluding hydrogens is 245 g/mol. The Balaban J connectivity index is 1.97. The molecule has 0 bridgehead atoms. The molecule has 0 aromatic heterocycles. The van der Waals surface area contributed by atoms with Crippen LogP contribution in [-0.4, -0.2) is 11.6 Å². The highest BCUT2D eigenvalue weighted by atomic mass is 19.2. The van der Waals surface area contributed by atoms with Gasteiger partial charge in [-0.05, 0) is 18.8 Å². The third kappa shape index (κ3) is 1.77. The molecule has 1 aromatic rings. The zero-order valence-electron chi connectivity index (χ0n) is 9.29. The van der Waals surface area contributed by atoms with Gasteiger partial charge in [-0.3, -0.25) is 4.79 Å². The van der Waals surface area contributed by atoms with Crippen LogP contribution in [-0.2, 0) is 4.79 Å². The van der Waals surface area contributed by atoms with Gasteiger partial charge in [0.1, 0.15) is 0 Å². The standard InChI is InChI=1S/C12H9F3N2O/c13-8-3-7(4-9(14)12(8)15)17-11(18)5-10(16-17)6-1-2-6/h3-4,6H,1-2,5H2. The molecule has 0 unspecified atom stereocenters. The monoisotopic (exact) mass is 254 g/mol. The topological polar surface area (TPSA) is 32.7 Å². The van der Waals surface area contributed by atoms with E-state index in [0.717, 1.165) is 35.7 Å². The van der Waals surface area contributed by atoms with Crippen LogP contribution in [0.1, 0.15) is 19.3 Å². The van der Waals surface area contributed by atoms with Gasteiger partial charge in [0, 0.05) is 12.1 Å². The summed E-state index contributed by atoms with van der Waals surface area (Å²) < 4.78 is 39.0. The summed E-state index contributed by atoms with van der Waals surface area (Å²) in [5, 5.41) is 5.00. The van der Waals surface area contributed by atoms with E-state index in [1.165, 1.54) is 0 Å². The predicted octanol–water partition coefficient (Wildman–Crippen LogP) is 2.61. The van der Waals surface area contributed by atoms with Crippen molar-refractivity contribution >= 4 is 17.3 Å².